The molecule has 2 nitrogen and oxygen atoms in total. The van der Waals surface area contributed by atoms with Crippen LogP contribution in [0.25, 0.3) is 33.2 Å². The van der Waals surface area contributed by atoms with E-state index in [2.05, 4.69) is 0 Å². The number of hydrogen-bond acceptors (Lipinski definition) is 2. The van der Waals surface area contributed by atoms with Crippen LogP contribution in [-0.4, -0.2) is 28.9 Å². The molecule has 0 amide bonds. The van der Waals surface area contributed by atoms with Gasteiger partial charge in [0.1, 0.15) is 28.0 Å². The average Bonchev–Trinajstić information content (AvgIpc) is 3.27. The van der Waals surface area contributed by atoms with Crippen LogP contribution in [0.1, 0.15) is 31.1 Å². The minimum absolute atomic E-state index is 0.146. The van der Waals surface area contributed by atoms with Crippen molar-refractivity contribution < 1.29 is 22.0 Å². The van der Waals surface area contributed by atoms with Crippen molar-refractivity contribution in [3.63, 3.8) is 0 Å². The minimum atomic E-state index is -2.67. The lowest BCUT2D eigenvalue weighted by Crippen LogP contribution is -2.42. The molecule has 35 heavy (non-hydrogen) atoms. The minimum Gasteiger partial charge on any atom is -0.460 e. The molecule has 0 aliphatic carbocycles. The first-order valence-corrected chi connectivity index (χ1v) is 11.9. The number of furan rings is 1. The second-order valence-corrected chi connectivity index (χ2v) is 9.24. The number of likely N-dealkylation sites (tertiary alicyclic amines) is 1. The Kier molecular flexibility index (Phi) is 6.13. The van der Waals surface area contributed by atoms with Crippen LogP contribution in [0.5, 0.6) is 0 Å². The zero-order valence-electron chi connectivity index (χ0n) is 19.1. The molecule has 3 aromatic carbocycles. The lowest BCUT2D eigenvalue weighted by Gasteiger charge is -2.33. The summed E-state index contributed by atoms with van der Waals surface area (Å²) >= 11 is 5.48. The quantitative estimate of drug-likeness (QED) is 0.210. The summed E-state index contributed by atoms with van der Waals surface area (Å²) in [6.07, 6.45) is 0.185. The molecule has 7 heteroatoms. The van der Waals surface area contributed by atoms with Crippen LogP contribution in [0.15, 0.2) is 65.1 Å². The molecule has 1 saturated heterocycles. The van der Waals surface area contributed by atoms with Gasteiger partial charge < -0.3 is 9.32 Å². The number of thiocarbonyl (C=S) groups is 1. The van der Waals surface area contributed by atoms with E-state index in [-0.39, 0.29) is 31.7 Å². The number of nitrogens with zero attached hydrogens (tertiary/aromatic N) is 1. The van der Waals surface area contributed by atoms with Crippen molar-refractivity contribution in [1.29, 1.82) is 0 Å². The lowest BCUT2D eigenvalue weighted by atomic mass is 9.95. The van der Waals surface area contributed by atoms with Gasteiger partial charge >= 0.3 is 0 Å². The highest BCUT2D eigenvalue weighted by Gasteiger charge is 2.35. The molecule has 180 valence electrons. The molecule has 1 aliphatic rings. The van der Waals surface area contributed by atoms with Crippen LogP contribution in [0.2, 0.25) is 0 Å². The van der Waals surface area contributed by atoms with Crippen molar-refractivity contribution in [3.05, 3.63) is 83.6 Å². The maximum absolute atomic E-state index is 15.4. The number of aryl methyl sites for hydroxylation is 1. The lowest BCUT2D eigenvalue weighted by molar-refractivity contribution is -0.0430. The normalized spacial score (nSPS) is 15.5. The van der Waals surface area contributed by atoms with Crippen molar-refractivity contribution in [3.8, 4) is 22.3 Å². The van der Waals surface area contributed by atoms with E-state index in [1.165, 1.54) is 18.2 Å². The summed E-state index contributed by atoms with van der Waals surface area (Å²) < 4.78 is 61.9. The third kappa shape index (κ3) is 4.69. The fraction of sp³-hybridized carbons (Fsp3) is 0.250. The van der Waals surface area contributed by atoms with E-state index in [4.69, 9.17) is 16.6 Å². The van der Waals surface area contributed by atoms with Gasteiger partial charge in [-0.3, -0.25) is 0 Å². The summed E-state index contributed by atoms with van der Waals surface area (Å²) in [6.45, 7) is 2.28. The van der Waals surface area contributed by atoms with Gasteiger partial charge in [-0.15, -0.1) is 0 Å². The highest BCUT2D eigenvalue weighted by atomic mass is 32.1. The van der Waals surface area contributed by atoms with Crippen molar-refractivity contribution >= 4 is 28.2 Å². The third-order valence-electron chi connectivity index (χ3n) is 6.48. The Balaban J connectivity index is 1.52. The van der Waals surface area contributed by atoms with Crippen LogP contribution in [0.3, 0.4) is 0 Å². The molecule has 4 aromatic rings. The Labute approximate surface area is 206 Å². The maximum Gasteiger partial charge on any atom is 0.251 e. The second kappa shape index (κ2) is 9.11. The van der Waals surface area contributed by atoms with Crippen LogP contribution < -0.4 is 0 Å². The predicted octanol–water partition coefficient (Wildman–Crippen LogP) is 8.01. The SMILES string of the molecule is CCc1cc2cc(-c3ccc(C(=S)N4CCC(F)(F)CC4)cc3F)cc(-c3ccc(F)cc3)c2o1. The molecule has 0 unspecified atom stereocenters. The first kappa shape index (κ1) is 23.5. The molecule has 1 aromatic heterocycles. The summed E-state index contributed by atoms with van der Waals surface area (Å²) in [4.78, 5) is 2.08. The van der Waals surface area contributed by atoms with E-state index in [1.807, 2.05) is 25.1 Å². The number of piperidine rings is 1. The second-order valence-electron chi connectivity index (χ2n) is 8.86. The maximum atomic E-state index is 15.4. The Bertz CT molecular complexity index is 1400. The van der Waals surface area contributed by atoms with Gasteiger partial charge in [0.05, 0.1) is 0 Å². The van der Waals surface area contributed by atoms with Crippen LogP contribution in [0, 0.1) is 11.6 Å². The van der Waals surface area contributed by atoms with E-state index in [0.717, 1.165) is 22.3 Å². The van der Waals surface area contributed by atoms with Gasteiger partial charge in [0, 0.05) is 54.4 Å². The zero-order valence-corrected chi connectivity index (χ0v) is 19.9. The number of halogens is 4. The van der Waals surface area contributed by atoms with E-state index >= 15 is 4.39 Å². The van der Waals surface area contributed by atoms with Crippen molar-refractivity contribution in [2.75, 3.05) is 13.1 Å². The monoisotopic (exact) mass is 497 g/mol. The van der Waals surface area contributed by atoms with Gasteiger partial charge in [-0.05, 0) is 47.5 Å². The highest BCUT2D eigenvalue weighted by Crippen LogP contribution is 2.37. The fourth-order valence-corrected chi connectivity index (χ4v) is 4.79. The summed E-state index contributed by atoms with van der Waals surface area (Å²) in [5.74, 6) is -2.68. The number of benzene rings is 3. The molecule has 1 aliphatic heterocycles. The fourth-order valence-electron chi connectivity index (χ4n) is 4.48. The summed E-state index contributed by atoms with van der Waals surface area (Å²) in [7, 11) is 0. The van der Waals surface area contributed by atoms with Crippen LogP contribution in [0.4, 0.5) is 17.6 Å². The van der Waals surface area contributed by atoms with Gasteiger partial charge in [-0.1, -0.05) is 43.4 Å². The topological polar surface area (TPSA) is 16.4 Å². The molecule has 0 radical (unpaired) electrons. The molecule has 0 atom stereocenters. The summed E-state index contributed by atoms with van der Waals surface area (Å²) in [5.41, 5.74) is 3.68. The molecule has 0 spiro atoms. The van der Waals surface area contributed by atoms with E-state index < -0.39 is 11.7 Å². The predicted molar refractivity (Wildman–Crippen MR) is 134 cm³/mol. The number of fused-ring (bicyclic) bond motifs is 1. The Morgan fingerprint density at radius 2 is 1.63 bits per heavy atom. The summed E-state index contributed by atoms with van der Waals surface area (Å²) in [5, 5.41) is 0.826. The van der Waals surface area contributed by atoms with Crippen molar-refractivity contribution in [1.82, 2.24) is 4.90 Å². The molecule has 5 rings (SSSR count). The number of hydrogen-bond donors (Lipinski definition) is 0. The Morgan fingerprint density at radius 1 is 0.914 bits per heavy atom. The van der Waals surface area contributed by atoms with Crippen molar-refractivity contribution in [2.45, 2.75) is 32.1 Å². The van der Waals surface area contributed by atoms with Gasteiger partial charge in [0.15, 0.2) is 0 Å². The molecule has 0 bridgehead atoms. The van der Waals surface area contributed by atoms with E-state index in [9.17, 15) is 13.2 Å². The standard InChI is InChI=1S/C28H23F4NOS/c1-2-22-14-20-13-19(15-24(26(20)34-22)17-3-6-21(29)7-4-17)23-8-5-18(16-25(23)30)27(35)33-11-9-28(31,32)10-12-33/h3-8,13-16H,2,9-12H2,1H3. The molecule has 0 saturated carbocycles. The van der Waals surface area contributed by atoms with Crippen molar-refractivity contribution in [2.24, 2.45) is 0 Å². The van der Waals surface area contributed by atoms with Gasteiger partial charge in [0.2, 0.25) is 0 Å². The van der Waals surface area contributed by atoms with E-state index in [0.29, 0.717) is 33.7 Å². The van der Waals surface area contributed by atoms with E-state index in [1.54, 1.807) is 29.2 Å². The molecular weight excluding hydrogens is 474 g/mol. The zero-order chi connectivity index (χ0) is 24.7. The number of rotatable bonds is 4. The van der Waals surface area contributed by atoms with Gasteiger partial charge in [-0.2, -0.15) is 0 Å². The van der Waals surface area contributed by atoms with Gasteiger partial charge in [-0.25, -0.2) is 17.6 Å². The van der Waals surface area contributed by atoms with Gasteiger partial charge in [0.25, 0.3) is 5.92 Å². The largest absolute Gasteiger partial charge is 0.460 e. The highest BCUT2D eigenvalue weighted by molar-refractivity contribution is 7.80. The first-order valence-electron chi connectivity index (χ1n) is 11.5. The third-order valence-corrected chi connectivity index (χ3v) is 6.97. The molecule has 1 fully saturated rings. The number of alkyl halides is 2. The van der Waals surface area contributed by atoms with Crippen LogP contribution in [-0.2, 0) is 6.42 Å². The first-order chi connectivity index (χ1) is 16.7. The average molecular weight is 498 g/mol. The smallest absolute Gasteiger partial charge is 0.251 e. The van der Waals surface area contributed by atoms with Crippen LogP contribution >= 0.6 is 12.2 Å². The summed E-state index contributed by atoms with van der Waals surface area (Å²) in [6, 6.07) is 16.5. The Hall–Kier alpha value is -3.19. The Morgan fingerprint density at radius 3 is 2.29 bits per heavy atom. The molecule has 0 N–H and O–H groups in total. The molecule has 2 heterocycles. The molecular formula is C28H23F4NOS.